The zero-order valence-electron chi connectivity index (χ0n) is 19.6. The highest BCUT2D eigenvalue weighted by atomic mass is 16.5. The summed E-state index contributed by atoms with van der Waals surface area (Å²) in [4.78, 5) is 39.5. The van der Waals surface area contributed by atoms with E-state index in [1.807, 2.05) is 6.07 Å². The molecule has 0 saturated heterocycles. The molecule has 180 valence electrons. The van der Waals surface area contributed by atoms with Crippen molar-refractivity contribution in [3.8, 4) is 11.5 Å². The summed E-state index contributed by atoms with van der Waals surface area (Å²) in [5.41, 5.74) is 1.96. The second-order valence-electron chi connectivity index (χ2n) is 8.21. The summed E-state index contributed by atoms with van der Waals surface area (Å²) in [7, 11) is 3.22. The average molecular weight is 474 g/mol. The van der Waals surface area contributed by atoms with Crippen LogP contribution in [0.15, 0.2) is 72.8 Å². The topological polar surface area (TPSA) is 97.0 Å². The molecular weight excluding hydrogens is 446 g/mol. The smallest absolute Gasteiger partial charge is 0.262 e. The highest BCUT2D eigenvalue weighted by Gasteiger charge is 2.33. The summed E-state index contributed by atoms with van der Waals surface area (Å²) in [5.74, 6) is 0.363. The monoisotopic (exact) mass is 473 g/mol. The lowest BCUT2D eigenvalue weighted by Gasteiger charge is -2.20. The molecule has 4 rings (SSSR count). The lowest BCUT2D eigenvalue weighted by molar-refractivity contribution is -0.119. The van der Waals surface area contributed by atoms with Gasteiger partial charge in [0.25, 0.3) is 11.8 Å². The number of rotatable bonds is 9. The lowest BCUT2D eigenvalue weighted by atomic mass is 10.1. The number of amides is 3. The molecule has 0 heterocycles. The van der Waals surface area contributed by atoms with Gasteiger partial charge in [0.2, 0.25) is 5.91 Å². The number of nitrogens with zero attached hydrogens (tertiary/aromatic N) is 1. The van der Waals surface area contributed by atoms with Crippen molar-refractivity contribution in [2.75, 3.05) is 36.3 Å². The first-order chi connectivity index (χ1) is 17.0. The molecule has 0 aromatic heterocycles. The van der Waals surface area contributed by atoms with Crippen molar-refractivity contribution in [1.82, 2.24) is 0 Å². The summed E-state index contributed by atoms with van der Waals surface area (Å²) in [5, 5.41) is 5.61. The van der Waals surface area contributed by atoms with Gasteiger partial charge in [0.15, 0.2) is 18.1 Å². The maximum absolute atomic E-state index is 13.0. The molecule has 1 aliphatic rings. The number of hydrogen-bond donors (Lipinski definition) is 2. The highest BCUT2D eigenvalue weighted by molar-refractivity contribution is 6.11. The van der Waals surface area contributed by atoms with Crippen LogP contribution in [0, 0.1) is 5.92 Å². The van der Waals surface area contributed by atoms with E-state index in [4.69, 9.17) is 9.47 Å². The van der Waals surface area contributed by atoms with E-state index in [1.54, 1.807) is 78.7 Å². The van der Waals surface area contributed by atoms with Gasteiger partial charge in [-0.1, -0.05) is 30.3 Å². The van der Waals surface area contributed by atoms with Crippen molar-refractivity contribution >= 4 is 34.8 Å². The molecule has 1 fully saturated rings. The van der Waals surface area contributed by atoms with Gasteiger partial charge in [0.1, 0.15) is 0 Å². The second kappa shape index (κ2) is 10.7. The first kappa shape index (κ1) is 23.8. The Bertz CT molecular complexity index is 1240. The Hall–Kier alpha value is -4.33. The molecule has 3 amide bonds. The fourth-order valence-corrected chi connectivity index (χ4v) is 3.63. The number of para-hydroxylation sites is 3. The third-order valence-corrected chi connectivity index (χ3v) is 5.60. The average Bonchev–Trinajstić information content (AvgIpc) is 3.72. The van der Waals surface area contributed by atoms with Gasteiger partial charge in [0, 0.05) is 24.3 Å². The van der Waals surface area contributed by atoms with E-state index in [2.05, 4.69) is 10.6 Å². The molecule has 8 nitrogen and oxygen atoms in total. The molecule has 0 atom stereocenters. The second-order valence-corrected chi connectivity index (χ2v) is 8.21. The molecule has 3 aromatic rings. The summed E-state index contributed by atoms with van der Waals surface area (Å²) in [6.07, 6.45) is 1.78. The minimum absolute atomic E-state index is 0.0188. The number of carbonyl (C=O) groups excluding carboxylic acids is 3. The standard InChI is InChI=1S/C27H27N3O5/c1-30(27(33)18-14-15-18)22-11-4-3-10-21(22)26(32)29-20-9-7-8-19(16-20)28-25(31)17-35-24-13-6-5-12-23(24)34-2/h3-13,16,18H,14-15,17H2,1-2H3,(H,28,31)(H,29,32). The SMILES string of the molecule is COc1ccccc1OCC(=O)Nc1cccc(NC(=O)c2ccccc2N(C)C(=O)C2CC2)c1. The van der Waals surface area contributed by atoms with Gasteiger partial charge in [-0.15, -0.1) is 0 Å². The van der Waals surface area contributed by atoms with Crippen LogP contribution in [0.3, 0.4) is 0 Å². The Morgan fingerprint density at radius 3 is 2.26 bits per heavy atom. The largest absolute Gasteiger partial charge is 0.493 e. The fourth-order valence-electron chi connectivity index (χ4n) is 3.63. The predicted molar refractivity (Wildman–Crippen MR) is 134 cm³/mol. The minimum atomic E-state index is -0.357. The number of nitrogens with one attached hydrogen (secondary N) is 2. The van der Waals surface area contributed by atoms with Crippen LogP contribution >= 0.6 is 0 Å². The van der Waals surface area contributed by atoms with Gasteiger partial charge in [-0.3, -0.25) is 14.4 Å². The fraction of sp³-hybridized carbons (Fsp3) is 0.222. The van der Waals surface area contributed by atoms with Crippen LogP contribution in [-0.4, -0.2) is 38.5 Å². The van der Waals surface area contributed by atoms with Gasteiger partial charge in [-0.25, -0.2) is 0 Å². The molecule has 0 bridgehead atoms. The number of anilines is 3. The molecule has 0 radical (unpaired) electrons. The van der Waals surface area contributed by atoms with E-state index in [1.165, 1.54) is 7.11 Å². The molecular formula is C27H27N3O5. The zero-order chi connectivity index (χ0) is 24.8. The first-order valence-electron chi connectivity index (χ1n) is 11.3. The van der Waals surface area contributed by atoms with Crippen molar-refractivity contribution in [2.45, 2.75) is 12.8 Å². The molecule has 0 aliphatic heterocycles. The molecule has 0 spiro atoms. The maximum Gasteiger partial charge on any atom is 0.262 e. The van der Waals surface area contributed by atoms with Gasteiger partial charge < -0.3 is 25.0 Å². The Morgan fingerprint density at radius 1 is 0.886 bits per heavy atom. The number of ether oxygens (including phenoxy) is 2. The van der Waals surface area contributed by atoms with Crippen molar-refractivity contribution in [3.63, 3.8) is 0 Å². The maximum atomic E-state index is 13.0. The molecule has 3 aromatic carbocycles. The Kier molecular flexibility index (Phi) is 7.30. The Labute approximate surface area is 203 Å². The number of carbonyl (C=O) groups is 3. The van der Waals surface area contributed by atoms with E-state index >= 15 is 0 Å². The minimum Gasteiger partial charge on any atom is -0.493 e. The number of methoxy groups -OCH3 is 1. The highest BCUT2D eigenvalue weighted by Crippen LogP contribution is 2.33. The lowest BCUT2D eigenvalue weighted by Crippen LogP contribution is -2.29. The third kappa shape index (κ3) is 5.97. The van der Waals surface area contributed by atoms with Gasteiger partial charge in [0.05, 0.1) is 18.4 Å². The van der Waals surface area contributed by atoms with Crippen LogP contribution in [0.25, 0.3) is 0 Å². The molecule has 0 unspecified atom stereocenters. The van der Waals surface area contributed by atoms with Gasteiger partial charge >= 0.3 is 0 Å². The van der Waals surface area contributed by atoms with E-state index in [-0.39, 0.29) is 30.2 Å². The van der Waals surface area contributed by atoms with Crippen molar-refractivity contribution in [1.29, 1.82) is 0 Å². The Morgan fingerprint density at radius 2 is 1.54 bits per heavy atom. The van der Waals surface area contributed by atoms with Crippen LogP contribution in [-0.2, 0) is 9.59 Å². The summed E-state index contributed by atoms with van der Waals surface area (Å²) in [6.45, 7) is -0.203. The summed E-state index contributed by atoms with van der Waals surface area (Å²) >= 11 is 0. The first-order valence-corrected chi connectivity index (χ1v) is 11.3. The summed E-state index contributed by atoms with van der Waals surface area (Å²) in [6, 6.07) is 20.9. The molecule has 1 aliphatic carbocycles. The van der Waals surface area contributed by atoms with Crippen molar-refractivity contribution in [2.24, 2.45) is 5.92 Å². The van der Waals surface area contributed by atoms with Crippen LogP contribution in [0.1, 0.15) is 23.2 Å². The van der Waals surface area contributed by atoms with E-state index < -0.39 is 0 Å². The van der Waals surface area contributed by atoms with Crippen LogP contribution in [0.5, 0.6) is 11.5 Å². The van der Waals surface area contributed by atoms with Gasteiger partial charge in [-0.2, -0.15) is 0 Å². The molecule has 1 saturated carbocycles. The predicted octanol–water partition coefficient (Wildman–Crippen LogP) is 4.34. The van der Waals surface area contributed by atoms with Crippen LogP contribution in [0.2, 0.25) is 0 Å². The quantitative estimate of drug-likeness (QED) is 0.482. The number of benzene rings is 3. The molecule has 2 N–H and O–H groups in total. The normalized spacial score (nSPS) is 12.4. The van der Waals surface area contributed by atoms with Crippen molar-refractivity contribution in [3.05, 3.63) is 78.4 Å². The van der Waals surface area contributed by atoms with Crippen LogP contribution < -0.4 is 25.0 Å². The summed E-state index contributed by atoms with van der Waals surface area (Å²) < 4.78 is 10.8. The third-order valence-electron chi connectivity index (χ3n) is 5.60. The van der Waals surface area contributed by atoms with E-state index in [0.717, 1.165) is 12.8 Å². The van der Waals surface area contributed by atoms with Crippen LogP contribution in [0.4, 0.5) is 17.1 Å². The van der Waals surface area contributed by atoms with E-state index in [9.17, 15) is 14.4 Å². The number of hydrogen-bond acceptors (Lipinski definition) is 5. The molecule has 8 heteroatoms. The zero-order valence-corrected chi connectivity index (χ0v) is 19.6. The Balaban J connectivity index is 1.39. The van der Waals surface area contributed by atoms with Crippen molar-refractivity contribution < 1.29 is 23.9 Å². The van der Waals surface area contributed by atoms with E-state index in [0.29, 0.717) is 34.1 Å². The molecule has 35 heavy (non-hydrogen) atoms. The van der Waals surface area contributed by atoms with Gasteiger partial charge in [-0.05, 0) is 55.3 Å².